The zero-order valence-electron chi connectivity index (χ0n) is 18.0. The zero-order valence-corrected chi connectivity index (χ0v) is 18.8. The Labute approximate surface area is 192 Å². The van der Waals surface area contributed by atoms with Gasteiger partial charge in [0.05, 0.1) is 6.61 Å². The van der Waals surface area contributed by atoms with Crippen molar-refractivity contribution in [1.29, 1.82) is 0 Å². The number of likely N-dealkylation sites (tertiary alicyclic amines) is 1. The lowest BCUT2D eigenvalue weighted by molar-refractivity contribution is -0.132. The van der Waals surface area contributed by atoms with Crippen LogP contribution in [0.3, 0.4) is 0 Å². The quantitative estimate of drug-likeness (QED) is 0.495. The molecule has 1 fully saturated rings. The molecule has 2 aromatic carbocycles. The summed E-state index contributed by atoms with van der Waals surface area (Å²) in [6.45, 7) is 3.16. The van der Waals surface area contributed by atoms with E-state index in [4.69, 9.17) is 21.1 Å². The summed E-state index contributed by atoms with van der Waals surface area (Å²) in [5, 5.41) is 3.70. The number of hydrogen-bond acceptors (Lipinski definition) is 5. The number of hydrogen-bond donors (Lipinski definition) is 1. The van der Waals surface area contributed by atoms with Crippen LogP contribution in [0.5, 0.6) is 5.75 Å². The summed E-state index contributed by atoms with van der Waals surface area (Å²) in [5.41, 5.74) is 1.56. The first-order chi connectivity index (χ1) is 15.4. The Morgan fingerprint density at radius 2 is 1.69 bits per heavy atom. The van der Waals surface area contributed by atoms with Gasteiger partial charge in [-0.05, 0) is 68.1 Å². The van der Waals surface area contributed by atoms with E-state index in [1.54, 1.807) is 31.2 Å². The predicted octanol–water partition coefficient (Wildman–Crippen LogP) is 4.23. The Kier molecular flexibility index (Phi) is 8.50. The Hall–Kier alpha value is -3.06. The molecule has 2 amide bonds. The van der Waals surface area contributed by atoms with Crippen LogP contribution in [0.25, 0.3) is 0 Å². The summed E-state index contributed by atoms with van der Waals surface area (Å²) < 4.78 is 9.71. The summed E-state index contributed by atoms with van der Waals surface area (Å²) in [4.78, 5) is 38.2. The van der Waals surface area contributed by atoms with Gasteiger partial charge in [0.1, 0.15) is 5.75 Å². The number of carbonyl (C=O) groups excluding carboxylic acids is 3. The van der Waals surface area contributed by atoms with E-state index in [1.165, 1.54) is 0 Å². The van der Waals surface area contributed by atoms with Crippen LogP contribution in [0.1, 0.15) is 42.1 Å². The molecule has 170 valence electrons. The van der Waals surface area contributed by atoms with Crippen molar-refractivity contribution in [2.24, 2.45) is 0 Å². The first-order valence-electron chi connectivity index (χ1n) is 10.7. The number of amides is 2. The van der Waals surface area contributed by atoms with Gasteiger partial charge in [-0.3, -0.25) is 9.59 Å². The highest BCUT2D eigenvalue weighted by atomic mass is 35.5. The van der Waals surface area contributed by atoms with Crippen LogP contribution in [0, 0.1) is 0 Å². The smallest absolute Gasteiger partial charge is 0.434 e. The minimum Gasteiger partial charge on any atom is -0.434 e. The summed E-state index contributed by atoms with van der Waals surface area (Å²) in [6, 6.07) is 13.8. The highest BCUT2D eigenvalue weighted by molar-refractivity contribution is 6.30. The van der Waals surface area contributed by atoms with E-state index < -0.39 is 6.16 Å². The third-order valence-corrected chi connectivity index (χ3v) is 5.56. The lowest BCUT2D eigenvalue weighted by atomic mass is 10.0. The van der Waals surface area contributed by atoms with Crippen molar-refractivity contribution in [3.63, 3.8) is 0 Å². The molecule has 0 radical (unpaired) electrons. The van der Waals surface area contributed by atoms with Gasteiger partial charge in [0.25, 0.3) is 5.91 Å². The van der Waals surface area contributed by atoms with E-state index in [0.29, 0.717) is 55.1 Å². The van der Waals surface area contributed by atoms with Crippen molar-refractivity contribution in [3.05, 3.63) is 64.7 Å². The second kappa shape index (κ2) is 11.5. The van der Waals surface area contributed by atoms with Gasteiger partial charge in [-0.25, -0.2) is 4.79 Å². The molecule has 0 atom stereocenters. The molecule has 0 aromatic heterocycles. The lowest BCUT2D eigenvalue weighted by Gasteiger charge is -2.32. The summed E-state index contributed by atoms with van der Waals surface area (Å²) in [7, 11) is 0. The number of halogens is 1. The molecule has 1 heterocycles. The van der Waals surface area contributed by atoms with Crippen molar-refractivity contribution in [1.82, 2.24) is 10.2 Å². The standard InChI is InChI=1S/C24H27ClN2O5/c1-2-31-24(30)32-21-10-6-18(7-11-21)23(29)26-20-13-15-27(16-14-20)22(28)12-5-17-3-8-19(25)9-4-17/h3-4,6-11,20H,2,5,12-16H2,1H3,(H,26,29). The third kappa shape index (κ3) is 6.99. The molecule has 0 unspecified atom stereocenters. The fraction of sp³-hybridized carbons (Fsp3) is 0.375. The maximum Gasteiger partial charge on any atom is 0.513 e. The van der Waals surface area contributed by atoms with Crippen LogP contribution in [-0.2, 0) is 16.0 Å². The SMILES string of the molecule is CCOC(=O)Oc1ccc(C(=O)NC2CCN(C(=O)CCc3ccc(Cl)cc3)CC2)cc1. The molecular weight excluding hydrogens is 432 g/mol. The molecule has 0 saturated carbocycles. The van der Waals surface area contributed by atoms with Crippen LogP contribution in [0.15, 0.2) is 48.5 Å². The van der Waals surface area contributed by atoms with Crippen molar-refractivity contribution in [2.45, 2.75) is 38.6 Å². The highest BCUT2D eigenvalue weighted by Gasteiger charge is 2.24. The Morgan fingerprint density at radius 3 is 2.31 bits per heavy atom. The van der Waals surface area contributed by atoms with Crippen LogP contribution >= 0.6 is 11.6 Å². The molecule has 2 aromatic rings. The average Bonchev–Trinajstić information content (AvgIpc) is 2.79. The van der Waals surface area contributed by atoms with Crippen LogP contribution in [0.4, 0.5) is 4.79 Å². The second-order valence-electron chi connectivity index (χ2n) is 7.56. The highest BCUT2D eigenvalue weighted by Crippen LogP contribution is 2.17. The number of nitrogens with one attached hydrogen (secondary N) is 1. The molecule has 7 nitrogen and oxygen atoms in total. The number of ether oxygens (including phenoxy) is 2. The first kappa shape index (κ1) is 23.6. The Bertz CT molecular complexity index is 922. The molecule has 1 saturated heterocycles. The summed E-state index contributed by atoms with van der Waals surface area (Å²) in [6.07, 6.45) is 1.78. The van der Waals surface area contributed by atoms with Crippen molar-refractivity contribution >= 4 is 29.6 Å². The van der Waals surface area contributed by atoms with Gasteiger partial charge in [-0.1, -0.05) is 23.7 Å². The zero-order chi connectivity index (χ0) is 22.9. The molecule has 8 heteroatoms. The Balaban J connectivity index is 1.41. The molecule has 1 N–H and O–H groups in total. The van der Waals surface area contributed by atoms with Crippen molar-refractivity contribution < 1.29 is 23.9 Å². The summed E-state index contributed by atoms with van der Waals surface area (Å²) >= 11 is 5.89. The fourth-order valence-electron chi connectivity index (χ4n) is 3.52. The van der Waals surface area contributed by atoms with Gasteiger partial charge >= 0.3 is 6.16 Å². The van der Waals surface area contributed by atoms with Crippen molar-refractivity contribution in [3.8, 4) is 5.75 Å². The molecular formula is C24H27ClN2O5. The number of nitrogens with zero attached hydrogens (tertiary/aromatic N) is 1. The van der Waals surface area contributed by atoms with Gasteiger partial charge < -0.3 is 19.7 Å². The molecule has 0 spiro atoms. The number of aryl methyl sites for hydroxylation is 1. The maximum atomic E-state index is 12.5. The summed E-state index contributed by atoms with van der Waals surface area (Å²) in [5.74, 6) is 0.243. The predicted molar refractivity (Wildman–Crippen MR) is 121 cm³/mol. The average molecular weight is 459 g/mol. The van der Waals surface area contributed by atoms with Crippen molar-refractivity contribution in [2.75, 3.05) is 19.7 Å². The molecule has 0 bridgehead atoms. The minimum atomic E-state index is -0.779. The number of benzene rings is 2. The lowest BCUT2D eigenvalue weighted by Crippen LogP contribution is -2.46. The Morgan fingerprint density at radius 1 is 1.03 bits per heavy atom. The fourth-order valence-corrected chi connectivity index (χ4v) is 3.65. The van der Waals surface area contributed by atoms with E-state index in [0.717, 1.165) is 5.56 Å². The maximum absolute atomic E-state index is 12.5. The van der Waals surface area contributed by atoms with Gasteiger partial charge in [0.15, 0.2) is 0 Å². The largest absolute Gasteiger partial charge is 0.513 e. The second-order valence-corrected chi connectivity index (χ2v) is 8.00. The number of carbonyl (C=O) groups is 3. The van der Waals surface area contributed by atoms with E-state index in [1.807, 2.05) is 29.2 Å². The van der Waals surface area contributed by atoms with Crippen LogP contribution in [-0.4, -0.2) is 48.6 Å². The van der Waals surface area contributed by atoms with Crippen LogP contribution < -0.4 is 10.1 Å². The monoisotopic (exact) mass is 458 g/mol. The van der Waals surface area contributed by atoms with Gasteiger partial charge in [-0.15, -0.1) is 0 Å². The van der Waals surface area contributed by atoms with E-state index >= 15 is 0 Å². The topological polar surface area (TPSA) is 84.9 Å². The van der Waals surface area contributed by atoms with Gasteiger partial charge in [0.2, 0.25) is 5.91 Å². The van der Waals surface area contributed by atoms with E-state index in [-0.39, 0.29) is 24.5 Å². The molecule has 1 aliphatic heterocycles. The molecule has 1 aliphatic rings. The van der Waals surface area contributed by atoms with Gasteiger partial charge in [0, 0.05) is 36.1 Å². The molecule has 0 aliphatic carbocycles. The van der Waals surface area contributed by atoms with Gasteiger partial charge in [-0.2, -0.15) is 0 Å². The third-order valence-electron chi connectivity index (χ3n) is 5.30. The van der Waals surface area contributed by atoms with E-state index in [9.17, 15) is 14.4 Å². The van der Waals surface area contributed by atoms with E-state index in [2.05, 4.69) is 5.32 Å². The number of rotatable bonds is 7. The number of piperidine rings is 1. The molecule has 32 heavy (non-hydrogen) atoms. The molecule has 3 rings (SSSR count). The minimum absolute atomic E-state index is 0.0123. The van der Waals surface area contributed by atoms with Crippen LogP contribution in [0.2, 0.25) is 5.02 Å². The first-order valence-corrected chi connectivity index (χ1v) is 11.1. The normalized spacial score (nSPS) is 14.0.